The van der Waals surface area contributed by atoms with Crippen LogP contribution < -0.4 is 0 Å². The van der Waals surface area contributed by atoms with Crippen molar-refractivity contribution in [1.82, 2.24) is 4.98 Å². The second-order valence-corrected chi connectivity index (χ2v) is 3.14. The monoisotopic (exact) mass is 215 g/mol. The molecule has 14 heavy (non-hydrogen) atoms. The lowest BCUT2D eigenvalue weighted by molar-refractivity contribution is -0.148. The van der Waals surface area contributed by atoms with E-state index in [-0.39, 0.29) is 6.42 Å². The SMILES string of the molecule is COC(Cc1ccc(Cl)nc1)C(=O)O. The minimum absolute atomic E-state index is 0.288. The Morgan fingerprint density at radius 2 is 2.43 bits per heavy atom. The smallest absolute Gasteiger partial charge is 0.333 e. The summed E-state index contributed by atoms with van der Waals surface area (Å²) in [6.45, 7) is 0. The second kappa shape index (κ2) is 4.93. The Labute approximate surface area is 86.5 Å². The highest BCUT2D eigenvalue weighted by molar-refractivity contribution is 6.29. The zero-order valence-corrected chi connectivity index (χ0v) is 8.36. The van der Waals surface area contributed by atoms with E-state index in [4.69, 9.17) is 21.4 Å². The van der Waals surface area contributed by atoms with Crippen molar-refractivity contribution in [3.05, 3.63) is 29.0 Å². The Kier molecular flexibility index (Phi) is 3.85. The number of hydrogen-bond donors (Lipinski definition) is 1. The van der Waals surface area contributed by atoms with Gasteiger partial charge in [0.15, 0.2) is 6.10 Å². The van der Waals surface area contributed by atoms with Crippen molar-refractivity contribution in [2.75, 3.05) is 7.11 Å². The molecule has 76 valence electrons. The highest BCUT2D eigenvalue weighted by Gasteiger charge is 2.16. The van der Waals surface area contributed by atoms with Crippen LogP contribution in [0.2, 0.25) is 5.15 Å². The summed E-state index contributed by atoms with van der Waals surface area (Å²) in [6.07, 6.45) is 0.991. The first-order valence-electron chi connectivity index (χ1n) is 3.99. The number of pyridine rings is 1. The molecule has 1 aromatic rings. The molecule has 0 aliphatic rings. The van der Waals surface area contributed by atoms with Gasteiger partial charge < -0.3 is 9.84 Å². The summed E-state index contributed by atoms with van der Waals surface area (Å²) in [5.74, 6) is -0.984. The van der Waals surface area contributed by atoms with E-state index < -0.39 is 12.1 Å². The van der Waals surface area contributed by atoms with Gasteiger partial charge in [0, 0.05) is 19.7 Å². The van der Waals surface area contributed by atoms with Crippen LogP contribution in [0, 0.1) is 0 Å². The van der Waals surface area contributed by atoms with Crippen LogP contribution >= 0.6 is 11.6 Å². The lowest BCUT2D eigenvalue weighted by atomic mass is 10.1. The van der Waals surface area contributed by atoms with Gasteiger partial charge in [-0.1, -0.05) is 17.7 Å². The van der Waals surface area contributed by atoms with Crippen molar-refractivity contribution in [1.29, 1.82) is 0 Å². The van der Waals surface area contributed by atoms with Gasteiger partial charge in [0.2, 0.25) is 0 Å². The van der Waals surface area contributed by atoms with Gasteiger partial charge in [0.05, 0.1) is 0 Å². The summed E-state index contributed by atoms with van der Waals surface area (Å²) >= 11 is 5.59. The van der Waals surface area contributed by atoms with E-state index in [0.29, 0.717) is 5.15 Å². The minimum atomic E-state index is -0.984. The number of aromatic nitrogens is 1. The predicted octanol–water partition coefficient (Wildman–Crippen LogP) is 1.38. The average molecular weight is 216 g/mol. The highest BCUT2D eigenvalue weighted by Crippen LogP contribution is 2.08. The van der Waals surface area contributed by atoms with Crippen LogP contribution in [0.15, 0.2) is 18.3 Å². The zero-order valence-electron chi connectivity index (χ0n) is 7.61. The zero-order chi connectivity index (χ0) is 10.6. The van der Waals surface area contributed by atoms with Crippen molar-refractivity contribution in [2.24, 2.45) is 0 Å². The number of halogens is 1. The molecule has 0 amide bonds. The summed E-state index contributed by atoms with van der Waals surface area (Å²) in [7, 11) is 1.36. The normalized spacial score (nSPS) is 12.4. The van der Waals surface area contributed by atoms with Crippen LogP contribution in [0.4, 0.5) is 0 Å². The van der Waals surface area contributed by atoms with Crippen LogP contribution in [-0.4, -0.2) is 29.3 Å². The first-order valence-corrected chi connectivity index (χ1v) is 4.37. The third kappa shape index (κ3) is 2.97. The maximum Gasteiger partial charge on any atom is 0.333 e. The van der Waals surface area contributed by atoms with Crippen LogP contribution in [0.1, 0.15) is 5.56 Å². The van der Waals surface area contributed by atoms with E-state index in [9.17, 15) is 4.79 Å². The number of rotatable bonds is 4. The molecule has 0 spiro atoms. The molecule has 1 rings (SSSR count). The molecule has 4 nitrogen and oxygen atoms in total. The van der Waals surface area contributed by atoms with Gasteiger partial charge in [-0.05, 0) is 11.6 Å². The third-order valence-corrected chi connectivity index (χ3v) is 1.99. The molecule has 1 atom stereocenters. The maximum atomic E-state index is 10.6. The molecule has 1 heterocycles. The molecule has 0 fully saturated rings. The van der Waals surface area contributed by atoms with Crippen LogP contribution in [-0.2, 0) is 16.0 Å². The molecule has 1 aromatic heterocycles. The van der Waals surface area contributed by atoms with Crippen molar-refractivity contribution in [2.45, 2.75) is 12.5 Å². The quantitative estimate of drug-likeness (QED) is 0.771. The topological polar surface area (TPSA) is 59.4 Å². The number of carboxylic acids is 1. The first kappa shape index (κ1) is 10.9. The number of methoxy groups -OCH3 is 1. The van der Waals surface area contributed by atoms with E-state index in [0.717, 1.165) is 5.56 Å². The molecule has 0 aromatic carbocycles. The number of carboxylic acid groups (broad SMARTS) is 1. The van der Waals surface area contributed by atoms with Crippen molar-refractivity contribution >= 4 is 17.6 Å². The third-order valence-electron chi connectivity index (χ3n) is 1.77. The van der Waals surface area contributed by atoms with Gasteiger partial charge >= 0.3 is 5.97 Å². The lowest BCUT2D eigenvalue weighted by Gasteiger charge is -2.09. The number of aliphatic carboxylic acids is 1. The van der Waals surface area contributed by atoms with Crippen molar-refractivity contribution in [3.8, 4) is 0 Å². The van der Waals surface area contributed by atoms with E-state index in [1.807, 2.05) is 0 Å². The lowest BCUT2D eigenvalue weighted by Crippen LogP contribution is -2.24. The fraction of sp³-hybridized carbons (Fsp3) is 0.333. The molecule has 0 bridgehead atoms. The summed E-state index contributed by atoms with van der Waals surface area (Å²) in [5.41, 5.74) is 0.781. The Bertz CT molecular complexity index is 312. The van der Waals surface area contributed by atoms with Crippen molar-refractivity contribution < 1.29 is 14.6 Å². The second-order valence-electron chi connectivity index (χ2n) is 2.76. The summed E-state index contributed by atoms with van der Waals surface area (Å²) < 4.78 is 4.79. The molecule has 0 aliphatic carbocycles. The molecule has 0 aliphatic heterocycles. The van der Waals surface area contributed by atoms with Gasteiger partial charge in [-0.15, -0.1) is 0 Å². The Balaban J connectivity index is 2.67. The average Bonchev–Trinajstić information content (AvgIpc) is 2.16. The molecular weight excluding hydrogens is 206 g/mol. The van der Waals surface area contributed by atoms with E-state index in [1.54, 1.807) is 12.1 Å². The van der Waals surface area contributed by atoms with E-state index in [1.165, 1.54) is 13.3 Å². The van der Waals surface area contributed by atoms with Crippen LogP contribution in [0.3, 0.4) is 0 Å². The Morgan fingerprint density at radius 1 is 1.71 bits per heavy atom. The molecular formula is C9H10ClNO3. The van der Waals surface area contributed by atoms with E-state index in [2.05, 4.69) is 4.98 Å². The number of hydrogen-bond acceptors (Lipinski definition) is 3. The predicted molar refractivity (Wildman–Crippen MR) is 51.4 cm³/mol. The van der Waals surface area contributed by atoms with Gasteiger partial charge in [-0.2, -0.15) is 0 Å². The summed E-state index contributed by atoms with van der Waals surface area (Å²) in [4.78, 5) is 14.5. The first-order chi connectivity index (χ1) is 6.63. The van der Waals surface area contributed by atoms with Gasteiger partial charge in [0.25, 0.3) is 0 Å². The minimum Gasteiger partial charge on any atom is -0.479 e. The largest absolute Gasteiger partial charge is 0.479 e. The molecule has 5 heteroatoms. The van der Waals surface area contributed by atoms with Gasteiger partial charge in [-0.25, -0.2) is 9.78 Å². The molecule has 0 saturated carbocycles. The molecule has 0 radical (unpaired) electrons. The molecule has 1 N–H and O–H groups in total. The standard InChI is InChI=1S/C9H10ClNO3/c1-14-7(9(12)13)4-6-2-3-8(10)11-5-6/h2-3,5,7H,4H2,1H3,(H,12,13). The van der Waals surface area contributed by atoms with Crippen LogP contribution in [0.25, 0.3) is 0 Å². The van der Waals surface area contributed by atoms with Crippen LogP contribution in [0.5, 0.6) is 0 Å². The fourth-order valence-electron chi connectivity index (χ4n) is 1.01. The maximum absolute atomic E-state index is 10.6. The highest BCUT2D eigenvalue weighted by atomic mass is 35.5. The molecule has 0 saturated heterocycles. The summed E-state index contributed by atoms with van der Waals surface area (Å²) in [5, 5.41) is 9.10. The summed E-state index contributed by atoms with van der Waals surface area (Å²) in [6, 6.07) is 3.34. The Hall–Kier alpha value is -1.13. The van der Waals surface area contributed by atoms with Gasteiger partial charge in [0.1, 0.15) is 5.15 Å². The van der Waals surface area contributed by atoms with Gasteiger partial charge in [-0.3, -0.25) is 0 Å². The molecule has 1 unspecified atom stereocenters. The van der Waals surface area contributed by atoms with E-state index >= 15 is 0 Å². The number of nitrogens with zero attached hydrogens (tertiary/aromatic N) is 1. The number of ether oxygens (including phenoxy) is 1. The fourth-order valence-corrected chi connectivity index (χ4v) is 1.12. The van der Waals surface area contributed by atoms with Crippen molar-refractivity contribution in [3.63, 3.8) is 0 Å². The number of carbonyl (C=O) groups is 1. The Morgan fingerprint density at radius 3 is 2.86 bits per heavy atom.